The maximum Gasteiger partial charge on any atom is 0.104 e. The summed E-state index contributed by atoms with van der Waals surface area (Å²) in [5.74, 6) is 0. The summed E-state index contributed by atoms with van der Waals surface area (Å²) in [6.07, 6.45) is 2.82. The van der Waals surface area contributed by atoms with E-state index in [1.807, 2.05) is 0 Å². The van der Waals surface area contributed by atoms with Gasteiger partial charge in [-0.1, -0.05) is 13.3 Å². The second-order valence-corrected chi connectivity index (χ2v) is 2.70. The molecule has 0 aliphatic carbocycles. The third-order valence-electron chi connectivity index (χ3n) is 1.35. The van der Waals surface area contributed by atoms with Crippen LogP contribution >= 0.6 is 0 Å². The summed E-state index contributed by atoms with van der Waals surface area (Å²) in [6.45, 7) is 6.71. The van der Waals surface area contributed by atoms with Crippen molar-refractivity contribution in [2.24, 2.45) is 0 Å². The van der Waals surface area contributed by atoms with Gasteiger partial charge in [0.1, 0.15) is 6.10 Å². The summed E-state index contributed by atoms with van der Waals surface area (Å²) in [5, 5.41) is 7.57. The zero-order valence-electron chi connectivity index (χ0n) is 8.08. The van der Waals surface area contributed by atoms with Crippen LogP contribution in [0.2, 0.25) is 0 Å². The molecule has 1 aliphatic heterocycles. The lowest BCUT2D eigenvalue weighted by atomic mass is 10.4. The van der Waals surface area contributed by atoms with E-state index < -0.39 is 0 Å². The van der Waals surface area contributed by atoms with Crippen LogP contribution in [-0.2, 0) is 9.47 Å². The summed E-state index contributed by atoms with van der Waals surface area (Å²) in [6, 6.07) is 0. The maximum atomic E-state index is 7.57. The topological polar surface area (TPSA) is 42.0 Å². The lowest BCUT2D eigenvalue weighted by molar-refractivity contribution is 0.114. The number of aliphatic hydroxyl groups excluding tert-OH is 1. The van der Waals surface area contributed by atoms with Gasteiger partial charge in [-0.25, -0.2) is 0 Å². The Morgan fingerprint density at radius 1 is 1.50 bits per heavy atom. The van der Waals surface area contributed by atoms with Gasteiger partial charge in [0.25, 0.3) is 0 Å². The smallest absolute Gasteiger partial charge is 0.104 e. The van der Waals surface area contributed by atoms with E-state index in [0.29, 0.717) is 6.10 Å². The molecule has 0 saturated carbocycles. The Labute approximate surface area is 74.7 Å². The molecule has 0 spiro atoms. The van der Waals surface area contributed by atoms with Gasteiger partial charge < -0.3 is 14.6 Å². The van der Waals surface area contributed by atoms with Crippen LogP contribution in [0.4, 0.5) is 0 Å². The van der Waals surface area contributed by atoms with Crippen LogP contribution in [-0.4, -0.2) is 37.6 Å². The van der Waals surface area contributed by atoms with Gasteiger partial charge >= 0.3 is 0 Å². The van der Waals surface area contributed by atoms with Crippen molar-refractivity contribution in [3.05, 3.63) is 0 Å². The number of unbranched alkanes of at least 4 members (excludes halogenated alkanes) is 1. The lowest BCUT2D eigenvalue weighted by Gasteiger charge is -1.97. The minimum Gasteiger partial charge on any atom is -0.397 e. The van der Waals surface area contributed by atoms with E-state index in [9.17, 15) is 0 Å². The van der Waals surface area contributed by atoms with Crippen molar-refractivity contribution < 1.29 is 14.6 Å². The first kappa shape index (κ1) is 11.9. The highest BCUT2D eigenvalue weighted by molar-refractivity contribution is 4.66. The van der Waals surface area contributed by atoms with E-state index >= 15 is 0 Å². The van der Waals surface area contributed by atoms with Gasteiger partial charge in [-0.2, -0.15) is 0 Å². The quantitative estimate of drug-likeness (QED) is 0.505. The Balaban J connectivity index is 0.000000354. The number of hydrogen-bond donors (Lipinski definition) is 1. The fourth-order valence-corrected chi connectivity index (χ4v) is 0.625. The highest BCUT2D eigenvalue weighted by Crippen LogP contribution is 2.08. The van der Waals surface area contributed by atoms with Crippen LogP contribution in [0, 0.1) is 0 Å². The molecular weight excluding hydrogens is 156 g/mol. The highest BCUT2D eigenvalue weighted by atomic mass is 16.6. The Hall–Kier alpha value is -0.120. The van der Waals surface area contributed by atoms with Crippen molar-refractivity contribution >= 4 is 0 Å². The second kappa shape index (κ2) is 8.97. The number of rotatable bonds is 5. The van der Waals surface area contributed by atoms with E-state index in [1.165, 1.54) is 12.8 Å². The van der Waals surface area contributed by atoms with Crippen LogP contribution in [0.5, 0.6) is 0 Å². The fourth-order valence-electron chi connectivity index (χ4n) is 0.625. The summed E-state index contributed by atoms with van der Waals surface area (Å²) in [5.41, 5.74) is 0. The summed E-state index contributed by atoms with van der Waals surface area (Å²) < 4.78 is 10.2. The van der Waals surface area contributed by atoms with Crippen LogP contribution in [0.15, 0.2) is 0 Å². The normalized spacial score (nSPS) is 19.8. The Morgan fingerprint density at radius 2 is 2.08 bits per heavy atom. The van der Waals surface area contributed by atoms with E-state index in [1.54, 1.807) is 6.92 Å². The molecule has 12 heavy (non-hydrogen) atoms. The average Bonchev–Trinajstić information content (AvgIpc) is 2.83. The highest BCUT2D eigenvalue weighted by Gasteiger charge is 2.21. The molecule has 74 valence electrons. The van der Waals surface area contributed by atoms with Crippen molar-refractivity contribution in [2.45, 2.75) is 32.8 Å². The number of epoxide rings is 1. The number of ether oxygens (including phenoxy) is 2. The van der Waals surface area contributed by atoms with Gasteiger partial charge in [0.15, 0.2) is 0 Å². The molecule has 0 bridgehead atoms. The Kier molecular flexibility index (Phi) is 8.88. The molecule has 1 atom stereocenters. The molecular formula is C9H20O3. The number of hydrogen-bond acceptors (Lipinski definition) is 3. The SMILES string of the molecule is CCCCOCC1CO1.CCO. The molecule has 3 nitrogen and oxygen atoms in total. The molecule has 1 rings (SSSR count). The Bertz CT molecular complexity index is 81.8. The molecule has 0 aromatic rings. The van der Waals surface area contributed by atoms with Gasteiger partial charge in [0, 0.05) is 13.2 Å². The fraction of sp³-hybridized carbons (Fsp3) is 1.00. The third kappa shape index (κ3) is 9.88. The summed E-state index contributed by atoms with van der Waals surface area (Å²) >= 11 is 0. The molecule has 1 aliphatic rings. The van der Waals surface area contributed by atoms with Gasteiger partial charge in [-0.15, -0.1) is 0 Å². The van der Waals surface area contributed by atoms with Gasteiger partial charge in [0.2, 0.25) is 0 Å². The zero-order chi connectivity index (χ0) is 9.23. The molecule has 1 unspecified atom stereocenters. The van der Waals surface area contributed by atoms with Crippen molar-refractivity contribution in [2.75, 3.05) is 26.4 Å². The monoisotopic (exact) mass is 176 g/mol. The van der Waals surface area contributed by atoms with Gasteiger partial charge in [0.05, 0.1) is 13.2 Å². The summed E-state index contributed by atoms with van der Waals surface area (Å²) in [4.78, 5) is 0. The van der Waals surface area contributed by atoms with Crippen molar-refractivity contribution in [3.63, 3.8) is 0 Å². The molecule has 1 saturated heterocycles. The van der Waals surface area contributed by atoms with Gasteiger partial charge in [-0.3, -0.25) is 0 Å². The summed E-state index contributed by atoms with van der Waals surface area (Å²) in [7, 11) is 0. The third-order valence-corrected chi connectivity index (χ3v) is 1.35. The van der Waals surface area contributed by atoms with Crippen LogP contribution in [0.25, 0.3) is 0 Å². The predicted molar refractivity (Wildman–Crippen MR) is 48.2 cm³/mol. The molecule has 1 heterocycles. The van der Waals surface area contributed by atoms with E-state index in [4.69, 9.17) is 14.6 Å². The largest absolute Gasteiger partial charge is 0.397 e. The molecule has 0 radical (unpaired) electrons. The molecule has 0 aromatic carbocycles. The maximum absolute atomic E-state index is 7.57. The van der Waals surface area contributed by atoms with Gasteiger partial charge in [-0.05, 0) is 13.3 Å². The lowest BCUT2D eigenvalue weighted by Crippen LogP contribution is -2.01. The Morgan fingerprint density at radius 3 is 2.50 bits per heavy atom. The zero-order valence-corrected chi connectivity index (χ0v) is 8.08. The molecule has 0 amide bonds. The minimum atomic E-state index is 0.250. The first-order chi connectivity index (χ1) is 5.85. The first-order valence-electron chi connectivity index (χ1n) is 4.65. The molecule has 3 heteroatoms. The molecule has 1 N–H and O–H groups in total. The second-order valence-electron chi connectivity index (χ2n) is 2.70. The van der Waals surface area contributed by atoms with Crippen molar-refractivity contribution in [3.8, 4) is 0 Å². The molecule has 0 aromatic heterocycles. The van der Waals surface area contributed by atoms with Crippen LogP contribution in [0.3, 0.4) is 0 Å². The van der Waals surface area contributed by atoms with E-state index in [0.717, 1.165) is 19.8 Å². The predicted octanol–water partition coefficient (Wildman–Crippen LogP) is 1.20. The van der Waals surface area contributed by atoms with E-state index in [2.05, 4.69) is 6.92 Å². The average molecular weight is 176 g/mol. The standard InChI is InChI=1S/C7H14O2.C2H6O/c1-2-3-4-8-5-7-6-9-7;1-2-3/h7H,2-6H2,1H3;3H,2H2,1H3. The molecule has 1 fully saturated rings. The van der Waals surface area contributed by atoms with Crippen molar-refractivity contribution in [1.29, 1.82) is 0 Å². The van der Waals surface area contributed by atoms with E-state index in [-0.39, 0.29) is 6.61 Å². The first-order valence-corrected chi connectivity index (χ1v) is 4.65. The van der Waals surface area contributed by atoms with Crippen molar-refractivity contribution in [1.82, 2.24) is 0 Å². The van der Waals surface area contributed by atoms with Crippen LogP contribution < -0.4 is 0 Å². The van der Waals surface area contributed by atoms with Crippen LogP contribution in [0.1, 0.15) is 26.7 Å². The minimum absolute atomic E-state index is 0.250. The number of aliphatic hydroxyl groups is 1.